The predicted octanol–water partition coefficient (Wildman–Crippen LogP) is 4.57. The molecule has 1 saturated heterocycles. The van der Waals surface area contributed by atoms with Crippen LogP contribution in [0.3, 0.4) is 0 Å². The van der Waals surface area contributed by atoms with Gasteiger partial charge in [-0.2, -0.15) is 13.2 Å². The van der Waals surface area contributed by atoms with Crippen LogP contribution in [0, 0.1) is 0 Å². The highest BCUT2D eigenvalue weighted by atomic mass is 35.5. The van der Waals surface area contributed by atoms with E-state index in [0.29, 0.717) is 11.5 Å². The summed E-state index contributed by atoms with van der Waals surface area (Å²) in [5, 5.41) is 11.8. The number of anilines is 1. The number of halogens is 4. The molecule has 28 heavy (non-hydrogen) atoms. The van der Waals surface area contributed by atoms with Gasteiger partial charge < -0.3 is 10.2 Å². The van der Waals surface area contributed by atoms with Crippen molar-refractivity contribution in [1.82, 2.24) is 19.5 Å². The van der Waals surface area contributed by atoms with Crippen molar-refractivity contribution in [3.05, 3.63) is 47.1 Å². The molecule has 9 heteroatoms. The van der Waals surface area contributed by atoms with E-state index < -0.39 is 11.7 Å². The van der Waals surface area contributed by atoms with Crippen LogP contribution in [0.1, 0.15) is 18.4 Å². The summed E-state index contributed by atoms with van der Waals surface area (Å²) in [5.74, 6) is 0.520. The number of fused-ring (bicyclic) bond motifs is 1. The Morgan fingerprint density at radius 3 is 2.79 bits per heavy atom. The molecule has 1 aliphatic heterocycles. The summed E-state index contributed by atoms with van der Waals surface area (Å²) in [5.41, 5.74) is -0.154. The van der Waals surface area contributed by atoms with Crippen molar-refractivity contribution in [2.45, 2.75) is 25.1 Å². The van der Waals surface area contributed by atoms with Crippen LogP contribution in [0.5, 0.6) is 0 Å². The summed E-state index contributed by atoms with van der Waals surface area (Å²) in [6, 6.07) is 7.40. The van der Waals surface area contributed by atoms with E-state index in [1.807, 2.05) is 0 Å². The highest BCUT2D eigenvalue weighted by Gasteiger charge is 2.35. The fraction of sp³-hybridized carbons (Fsp3) is 0.368. The molecule has 0 radical (unpaired) electrons. The van der Waals surface area contributed by atoms with Gasteiger partial charge >= 0.3 is 6.18 Å². The van der Waals surface area contributed by atoms with Crippen molar-refractivity contribution in [3.8, 4) is 11.3 Å². The molecule has 0 unspecified atom stereocenters. The number of nitrogens with zero attached hydrogens (tertiary/aromatic N) is 4. The third-order valence-corrected chi connectivity index (χ3v) is 5.20. The molecule has 1 N–H and O–H groups in total. The minimum atomic E-state index is -4.55. The fourth-order valence-corrected chi connectivity index (χ4v) is 3.84. The molecule has 0 saturated carbocycles. The number of benzene rings is 1. The van der Waals surface area contributed by atoms with Gasteiger partial charge in [-0.05, 0) is 50.7 Å². The van der Waals surface area contributed by atoms with Crippen molar-refractivity contribution in [3.63, 3.8) is 0 Å². The molecular formula is C19H19ClF3N5. The summed E-state index contributed by atoms with van der Waals surface area (Å²) in [6.07, 6.45) is -0.694. The molecule has 3 aromatic rings. The van der Waals surface area contributed by atoms with Gasteiger partial charge in [-0.25, -0.2) is 0 Å². The number of likely N-dealkylation sites (N-methyl/N-ethyl adjacent to an activating group) is 1. The molecule has 148 valence electrons. The Morgan fingerprint density at radius 2 is 2.04 bits per heavy atom. The maximum absolute atomic E-state index is 13.5. The van der Waals surface area contributed by atoms with Crippen LogP contribution in [0.25, 0.3) is 16.8 Å². The fourth-order valence-electron chi connectivity index (χ4n) is 3.67. The largest absolute Gasteiger partial charge is 0.417 e. The predicted molar refractivity (Wildman–Crippen MR) is 103 cm³/mol. The Labute approximate surface area is 165 Å². The van der Waals surface area contributed by atoms with Gasteiger partial charge in [0, 0.05) is 29.4 Å². The van der Waals surface area contributed by atoms with E-state index in [0.717, 1.165) is 32.0 Å². The molecule has 3 heterocycles. The third kappa shape index (κ3) is 3.66. The van der Waals surface area contributed by atoms with Gasteiger partial charge in [0.15, 0.2) is 0 Å². The number of rotatable bonds is 3. The Bertz CT molecular complexity index is 1000. The van der Waals surface area contributed by atoms with Gasteiger partial charge in [-0.1, -0.05) is 17.7 Å². The quantitative estimate of drug-likeness (QED) is 0.688. The molecule has 0 amide bonds. The summed E-state index contributed by atoms with van der Waals surface area (Å²) < 4.78 is 42.3. The van der Waals surface area contributed by atoms with Gasteiger partial charge in [0.05, 0.1) is 11.1 Å². The number of alkyl halides is 3. The highest BCUT2D eigenvalue weighted by molar-refractivity contribution is 6.30. The molecule has 5 nitrogen and oxygen atoms in total. The molecule has 4 rings (SSSR count). The monoisotopic (exact) mass is 409 g/mol. The Morgan fingerprint density at radius 1 is 1.21 bits per heavy atom. The normalized spacial score (nSPS) is 18.5. The number of piperidine rings is 1. The van der Waals surface area contributed by atoms with Crippen molar-refractivity contribution in [2.75, 3.05) is 25.5 Å². The third-order valence-electron chi connectivity index (χ3n) is 4.96. The summed E-state index contributed by atoms with van der Waals surface area (Å²) in [4.78, 5) is 2.24. The first-order valence-electron chi connectivity index (χ1n) is 8.99. The number of likely N-dealkylation sites (tertiary alicyclic amines) is 1. The lowest BCUT2D eigenvalue weighted by Gasteiger charge is -2.30. The lowest BCUT2D eigenvalue weighted by atomic mass is 10.0. The first-order chi connectivity index (χ1) is 13.3. The molecule has 0 bridgehead atoms. The minimum Gasteiger partial charge on any atom is -0.350 e. The Kier molecular flexibility index (Phi) is 4.93. The second-order valence-corrected chi connectivity index (χ2v) is 7.51. The first kappa shape index (κ1) is 19.0. The molecule has 1 fully saturated rings. The molecule has 1 aromatic carbocycles. The average molecular weight is 410 g/mol. The summed E-state index contributed by atoms with van der Waals surface area (Å²) in [6.45, 7) is 1.93. The molecule has 2 aromatic heterocycles. The van der Waals surface area contributed by atoms with Crippen LogP contribution in [-0.2, 0) is 6.18 Å². The zero-order valence-electron chi connectivity index (χ0n) is 15.2. The van der Waals surface area contributed by atoms with E-state index >= 15 is 0 Å². The van der Waals surface area contributed by atoms with Gasteiger partial charge in [-0.15, -0.1) is 10.2 Å². The molecular weight excluding hydrogens is 391 g/mol. The lowest BCUT2D eigenvalue weighted by Crippen LogP contribution is -2.40. The van der Waals surface area contributed by atoms with E-state index in [1.54, 1.807) is 22.7 Å². The van der Waals surface area contributed by atoms with E-state index in [9.17, 15) is 13.2 Å². The summed E-state index contributed by atoms with van der Waals surface area (Å²) >= 11 is 5.80. The van der Waals surface area contributed by atoms with Crippen molar-refractivity contribution in [1.29, 1.82) is 0 Å². The van der Waals surface area contributed by atoms with Gasteiger partial charge in [-0.3, -0.25) is 4.40 Å². The van der Waals surface area contributed by atoms with Crippen molar-refractivity contribution >= 4 is 23.1 Å². The molecule has 1 aliphatic rings. The maximum atomic E-state index is 13.5. The number of aromatic nitrogens is 3. The second kappa shape index (κ2) is 7.25. The van der Waals surface area contributed by atoms with Crippen LogP contribution in [0.15, 0.2) is 36.5 Å². The number of hydrogen-bond acceptors (Lipinski definition) is 4. The van der Waals surface area contributed by atoms with E-state index in [-0.39, 0.29) is 22.3 Å². The SMILES string of the molecule is CN1CCC[C@@H](Nc2nnc(-c3ccc(Cl)cc3C(F)(F)F)c3cccn23)C1. The van der Waals surface area contributed by atoms with Crippen molar-refractivity contribution < 1.29 is 13.2 Å². The van der Waals surface area contributed by atoms with E-state index in [4.69, 9.17) is 11.6 Å². The van der Waals surface area contributed by atoms with Crippen LogP contribution >= 0.6 is 11.6 Å². The molecule has 0 spiro atoms. The Hall–Kier alpha value is -2.32. The van der Waals surface area contributed by atoms with Crippen LogP contribution in [0.4, 0.5) is 19.1 Å². The Balaban J connectivity index is 1.76. The van der Waals surface area contributed by atoms with E-state index in [1.165, 1.54) is 12.1 Å². The zero-order chi connectivity index (χ0) is 19.9. The van der Waals surface area contributed by atoms with Crippen molar-refractivity contribution in [2.24, 2.45) is 0 Å². The minimum absolute atomic E-state index is 0.0233. The smallest absolute Gasteiger partial charge is 0.350 e. The topological polar surface area (TPSA) is 45.5 Å². The number of nitrogens with one attached hydrogen (secondary N) is 1. The van der Waals surface area contributed by atoms with Gasteiger partial charge in [0.25, 0.3) is 0 Å². The highest BCUT2D eigenvalue weighted by Crippen LogP contribution is 2.39. The molecule has 1 atom stereocenters. The molecule has 0 aliphatic carbocycles. The summed E-state index contributed by atoms with van der Waals surface area (Å²) in [7, 11) is 2.06. The number of hydrogen-bond donors (Lipinski definition) is 1. The zero-order valence-corrected chi connectivity index (χ0v) is 15.9. The second-order valence-electron chi connectivity index (χ2n) is 7.07. The van der Waals surface area contributed by atoms with Gasteiger partial charge in [0.1, 0.15) is 5.69 Å². The first-order valence-corrected chi connectivity index (χ1v) is 9.36. The van der Waals surface area contributed by atoms with Crippen LogP contribution in [0.2, 0.25) is 5.02 Å². The average Bonchev–Trinajstić information content (AvgIpc) is 3.12. The van der Waals surface area contributed by atoms with Gasteiger partial charge in [0.2, 0.25) is 5.95 Å². The van der Waals surface area contributed by atoms with E-state index in [2.05, 4.69) is 27.5 Å². The lowest BCUT2D eigenvalue weighted by molar-refractivity contribution is -0.137. The standard InChI is InChI=1S/C19H19ClF3N5/c1-27-8-2-4-13(11-27)24-18-26-25-17(16-5-3-9-28(16)18)14-7-6-12(20)10-15(14)19(21,22)23/h3,5-7,9-10,13H,2,4,8,11H2,1H3,(H,24,26)/t13-/m1/s1. The maximum Gasteiger partial charge on any atom is 0.417 e. The van der Waals surface area contributed by atoms with Crippen LogP contribution < -0.4 is 5.32 Å². The van der Waals surface area contributed by atoms with Crippen LogP contribution in [-0.4, -0.2) is 45.7 Å².